The second kappa shape index (κ2) is 3.12. The minimum absolute atomic E-state index is 0.147. The average Bonchev–Trinajstić information content (AvgIpc) is 2.65. The van der Waals surface area contributed by atoms with Gasteiger partial charge in [-0.15, -0.1) is 0 Å². The van der Waals surface area contributed by atoms with Crippen LogP contribution in [0.4, 0.5) is 0 Å². The minimum Gasteiger partial charge on any atom is -0.481 e. The van der Waals surface area contributed by atoms with E-state index in [2.05, 4.69) is 0 Å². The first-order chi connectivity index (χ1) is 7.69. The zero-order valence-corrected chi connectivity index (χ0v) is 10.6. The summed E-state index contributed by atoms with van der Waals surface area (Å²) in [4.78, 5) is 23.2. The normalized spacial score (nSPS) is 44.2. The molecular weight excluding hydrogens is 220 g/mol. The second-order valence-electron chi connectivity index (χ2n) is 5.72. The maximum Gasteiger partial charge on any atom is 0.311 e. The maximum absolute atomic E-state index is 11.6. The molecule has 0 heterocycles. The summed E-state index contributed by atoms with van der Waals surface area (Å²) < 4.78 is 0. The molecule has 2 bridgehead atoms. The summed E-state index contributed by atoms with van der Waals surface area (Å²) >= 11 is 0. The van der Waals surface area contributed by atoms with Crippen molar-refractivity contribution in [2.45, 2.75) is 34.1 Å². The van der Waals surface area contributed by atoms with Gasteiger partial charge in [0.2, 0.25) is 0 Å². The predicted octanol–water partition coefficient (Wildman–Crippen LogP) is 2.15. The quantitative estimate of drug-likeness (QED) is 0.723. The molecule has 0 aromatic carbocycles. The standard InChI is InChI=1S/C13H18O4/c1-6-7(2)9-5-8(6)12(3,10(14)15)13(9,4)11(16)17/h8-9H,5H2,1-4H3,(H,14,15)(H,16,17). The Labute approximate surface area is 100 Å². The molecule has 94 valence electrons. The third-order valence-electron chi connectivity index (χ3n) is 5.50. The third kappa shape index (κ3) is 1.04. The van der Waals surface area contributed by atoms with Crippen LogP contribution in [0, 0.1) is 22.7 Å². The van der Waals surface area contributed by atoms with Gasteiger partial charge < -0.3 is 10.2 Å². The first-order valence-electron chi connectivity index (χ1n) is 5.83. The highest BCUT2D eigenvalue weighted by atomic mass is 16.4. The van der Waals surface area contributed by atoms with Gasteiger partial charge in [-0.25, -0.2) is 0 Å². The molecule has 0 spiro atoms. The Morgan fingerprint density at radius 1 is 1.00 bits per heavy atom. The lowest BCUT2D eigenvalue weighted by atomic mass is 9.56. The van der Waals surface area contributed by atoms with Crippen LogP contribution >= 0.6 is 0 Å². The highest BCUT2D eigenvalue weighted by Gasteiger charge is 2.71. The summed E-state index contributed by atoms with van der Waals surface area (Å²) in [7, 11) is 0. The molecule has 0 radical (unpaired) electrons. The molecule has 17 heavy (non-hydrogen) atoms. The van der Waals surface area contributed by atoms with Crippen LogP contribution in [0.2, 0.25) is 0 Å². The summed E-state index contributed by atoms with van der Waals surface area (Å²) in [6.45, 7) is 7.04. The highest BCUT2D eigenvalue weighted by molar-refractivity contribution is 5.89. The van der Waals surface area contributed by atoms with Crippen LogP contribution in [0.15, 0.2) is 11.1 Å². The monoisotopic (exact) mass is 238 g/mol. The molecule has 2 aliphatic rings. The topological polar surface area (TPSA) is 74.6 Å². The van der Waals surface area contributed by atoms with Gasteiger partial charge in [-0.1, -0.05) is 11.1 Å². The van der Waals surface area contributed by atoms with Gasteiger partial charge in [-0.3, -0.25) is 9.59 Å². The Kier molecular flexibility index (Phi) is 2.23. The van der Waals surface area contributed by atoms with E-state index in [1.54, 1.807) is 13.8 Å². The van der Waals surface area contributed by atoms with Crippen molar-refractivity contribution in [1.29, 1.82) is 0 Å². The van der Waals surface area contributed by atoms with Gasteiger partial charge in [0.05, 0.1) is 10.8 Å². The number of carboxylic acid groups (broad SMARTS) is 2. The third-order valence-corrected chi connectivity index (χ3v) is 5.50. The highest BCUT2D eigenvalue weighted by Crippen LogP contribution is 2.68. The predicted molar refractivity (Wildman–Crippen MR) is 61.5 cm³/mol. The van der Waals surface area contributed by atoms with Crippen LogP contribution in [0.3, 0.4) is 0 Å². The fourth-order valence-corrected chi connectivity index (χ4v) is 3.94. The Morgan fingerprint density at radius 3 is 1.53 bits per heavy atom. The van der Waals surface area contributed by atoms with Crippen molar-refractivity contribution < 1.29 is 19.8 Å². The van der Waals surface area contributed by atoms with Gasteiger partial charge in [0.1, 0.15) is 0 Å². The smallest absolute Gasteiger partial charge is 0.311 e. The molecule has 0 saturated heterocycles. The molecule has 1 fully saturated rings. The van der Waals surface area contributed by atoms with Crippen molar-refractivity contribution in [3.63, 3.8) is 0 Å². The van der Waals surface area contributed by atoms with Crippen LogP contribution in [0.25, 0.3) is 0 Å². The van der Waals surface area contributed by atoms with Gasteiger partial charge in [0.15, 0.2) is 0 Å². The molecule has 4 nitrogen and oxygen atoms in total. The number of rotatable bonds is 2. The summed E-state index contributed by atoms with van der Waals surface area (Å²) in [5.74, 6) is -2.29. The van der Waals surface area contributed by atoms with E-state index < -0.39 is 22.8 Å². The minimum atomic E-state index is -1.20. The van der Waals surface area contributed by atoms with E-state index in [1.807, 2.05) is 13.8 Å². The van der Waals surface area contributed by atoms with Crippen LogP contribution in [0.1, 0.15) is 34.1 Å². The van der Waals surface area contributed by atoms with E-state index in [1.165, 1.54) is 0 Å². The molecule has 0 aliphatic heterocycles. The number of hydrogen-bond donors (Lipinski definition) is 2. The van der Waals surface area contributed by atoms with Gasteiger partial charge in [-0.2, -0.15) is 0 Å². The van der Waals surface area contributed by atoms with Crippen molar-refractivity contribution in [3.8, 4) is 0 Å². The molecule has 0 amide bonds. The first-order valence-corrected chi connectivity index (χ1v) is 5.83. The molecule has 2 aliphatic carbocycles. The summed E-state index contributed by atoms with van der Waals surface area (Å²) in [5.41, 5.74) is -0.266. The van der Waals surface area contributed by atoms with Crippen LogP contribution < -0.4 is 0 Å². The molecule has 0 aromatic rings. The second-order valence-corrected chi connectivity index (χ2v) is 5.72. The van der Waals surface area contributed by atoms with Gasteiger partial charge >= 0.3 is 11.9 Å². The van der Waals surface area contributed by atoms with Crippen molar-refractivity contribution >= 4 is 11.9 Å². The van der Waals surface area contributed by atoms with Crippen molar-refractivity contribution in [2.24, 2.45) is 22.7 Å². The molecule has 4 heteroatoms. The van der Waals surface area contributed by atoms with Crippen LogP contribution in [0.5, 0.6) is 0 Å². The molecule has 4 atom stereocenters. The average molecular weight is 238 g/mol. The first kappa shape index (κ1) is 12.1. The Balaban J connectivity index is 2.69. The fourth-order valence-electron chi connectivity index (χ4n) is 3.94. The lowest BCUT2D eigenvalue weighted by Gasteiger charge is -2.44. The zero-order chi connectivity index (χ0) is 13.2. The largest absolute Gasteiger partial charge is 0.481 e. The molecule has 1 saturated carbocycles. The van der Waals surface area contributed by atoms with E-state index in [0.29, 0.717) is 6.42 Å². The van der Waals surface area contributed by atoms with E-state index >= 15 is 0 Å². The molecule has 2 rings (SSSR count). The maximum atomic E-state index is 11.6. The van der Waals surface area contributed by atoms with Crippen LogP contribution in [-0.4, -0.2) is 22.2 Å². The Bertz CT molecular complexity index is 410. The van der Waals surface area contributed by atoms with Gasteiger partial charge in [0.25, 0.3) is 0 Å². The fraction of sp³-hybridized carbons (Fsp3) is 0.692. The molecule has 4 unspecified atom stereocenters. The number of fused-ring (bicyclic) bond motifs is 2. The number of hydrogen-bond acceptors (Lipinski definition) is 2. The molecule has 0 aromatic heterocycles. The summed E-state index contributed by atoms with van der Waals surface area (Å²) in [6, 6.07) is 0. The van der Waals surface area contributed by atoms with Crippen molar-refractivity contribution in [1.82, 2.24) is 0 Å². The van der Waals surface area contributed by atoms with Crippen LogP contribution in [-0.2, 0) is 9.59 Å². The lowest BCUT2D eigenvalue weighted by molar-refractivity contribution is -0.173. The van der Waals surface area contributed by atoms with E-state index in [0.717, 1.165) is 11.1 Å². The van der Waals surface area contributed by atoms with E-state index in [9.17, 15) is 19.8 Å². The van der Waals surface area contributed by atoms with Crippen molar-refractivity contribution in [3.05, 3.63) is 11.1 Å². The number of carboxylic acids is 2. The molecule has 2 N–H and O–H groups in total. The SMILES string of the molecule is CC1=C(C)C2CC1C(C)(C(=O)O)C2(C)C(=O)O. The van der Waals surface area contributed by atoms with E-state index in [4.69, 9.17) is 0 Å². The van der Waals surface area contributed by atoms with Gasteiger partial charge in [-0.05, 0) is 46.0 Å². The van der Waals surface area contributed by atoms with Crippen molar-refractivity contribution in [2.75, 3.05) is 0 Å². The zero-order valence-electron chi connectivity index (χ0n) is 10.6. The Hall–Kier alpha value is -1.32. The number of aliphatic carboxylic acids is 2. The summed E-state index contributed by atoms with van der Waals surface area (Å²) in [6.07, 6.45) is 0.656. The number of carbonyl (C=O) groups is 2. The Morgan fingerprint density at radius 2 is 1.29 bits per heavy atom. The summed E-state index contributed by atoms with van der Waals surface area (Å²) in [5, 5.41) is 19.0. The van der Waals surface area contributed by atoms with E-state index in [-0.39, 0.29) is 11.8 Å². The van der Waals surface area contributed by atoms with Gasteiger partial charge in [0, 0.05) is 0 Å². The lowest BCUT2D eigenvalue weighted by Crippen LogP contribution is -2.53. The number of allylic oxidation sites excluding steroid dienone is 2. The molecular formula is C13H18O4.